The first-order valence-corrected chi connectivity index (χ1v) is 9.48. The van der Waals surface area contributed by atoms with Crippen LogP contribution in [0.25, 0.3) is 6.08 Å². The number of halogens is 1. The maximum absolute atomic E-state index is 12.8. The van der Waals surface area contributed by atoms with Crippen LogP contribution >= 0.6 is 35.6 Å². The summed E-state index contributed by atoms with van der Waals surface area (Å²) in [5.41, 5.74) is 2.92. The van der Waals surface area contributed by atoms with Gasteiger partial charge in [0.05, 0.1) is 10.6 Å². The predicted molar refractivity (Wildman–Crippen MR) is 112 cm³/mol. The van der Waals surface area contributed by atoms with Crippen LogP contribution in [0.5, 0.6) is 0 Å². The molecule has 1 aliphatic rings. The summed E-state index contributed by atoms with van der Waals surface area (Å²) in [6.45, 7) is 2.06. The number of anilines is 1. The van der Waals surface area contributed by atoms with E-state index in [9.17, 15) is 4.79 Å². The Morgan fingerprint density at radius 2 is 1.84 bits per heavy atom. The number of para-hydroxylation sites is 1. The van der Waals surface area contributed by atoms with Crippen LogP contribution in [-0.4, -0.2) is 10.2 Å². The van der Waals surface area contributed by atoms with Gasteiger partial charge in [-0.05, 0) is 35.8 Å². The lowest BCUT2D eigenvalue weighted by molar-refractivity contribution is -0.113. The second-order valence-electron chi connectivity index (χ2n) is 5.44. The predicted octanol–water partition coefficient (Wildman–Crippen LogP) is 5.78. The van der Waals surface area contributed by atoms with Gasteiger partial charge in [-0.2, -0.15) is 0 Å². The number of benzene rings is 2. The quantitative estimate of drug-likeness (QED) is 0.491. The average molecular weight is 386 g/mol. The van der Waals surface area contributed by atoms with Crippen LogP contribution in [0.1, 0.15) is 18.1 Å². The molecule has 1 heterocycles. The molecule has 2 aromatic carbocycles. The minimum Gasteiger partial charge on any atom is -0.268 e. The standard InChI is InChI=1S/C20H16ClNOS2/c1-2-15-10-6-7-11-17(15)22-19(23)18(25-20(22)24)13-16(21)12-14-8-4-3-5-9-14/h3-13H,2H2,1H3. The van der Waals surface area contributed by atoms with Crippen LogP contribution in [0.4, 0.5) is 5.69 Å². The number of nitrogens with zero attached hydrogens (tertiary/aromatic N) is 1. The van der Waals surface area contributed by atoms with Gasteiger partial charge in [-0.1, -0.05) is 91.0 Å². The molecule has 0 unspecified atom stereocenters. The molecular weight excluding hydrogens is 370 g/mol. The van der Waals surface area contributed by atoms with Crippen molar-refractivity contribution in [2.24, 2.45) is 0 Å². The molecule has 1 saturated heterocycles. The summed E-state index contributed by atoms with van der Waals surface area (Å²) in [6.07, 6.45) is 4.34. The molecule has 1 amide bonds. The van der Waals surface area contributed by atoms with Gasteiger partial charge < -0.3 is 0 Å². The Bertz CT molecular complexity index is 874. The Labute approximate surface area is 162 Å². The number of rotatable bonds is 4. The van der Waals surface area contributed by atoms with E-state index >= 15 is 0 Å². The molecular formula is C20H16ClNOS2. The van der Waals surface area contributed by atoms with Gasteiger partial charge in [0, 0.05) is 5.03 Å². The lowest BCUT2D eigenvalue weighted by atomic mass is 10.1. The average Bonchev–Trinajstić information content (AvgIpc) is 2.89. The van der Waals surface area contributed by atoms with Crippen LogP contribution in [0.2, 0.25) is 0 Å². The molecule has 0 spiro atoms. The van der Waals surface area contributed by atoms with Gasteiger partial charge in [-0.25, -0.2) is 0 Å². The largest absolute Gasteiger partial charge is 0.270 e. The lowest BCUT2D eigenvalue weighted by Crippen LogP contribution is -2.28. The summed E-state index contributed by atoms with van der Waals surface area (Å²) in [4.78, 5) is 15.0. The first-order valence-electron chi connectivity index (χ1n) is 7.88. The van der Waals surface area contributed by atoms with Gasteiger partial charge in [0.25, 0.3) is 5.91 Å². The molecule has 0 bridgehead atoms. The fraction of sp³-hybridized carbons (Fsp3) is 0.100. The van der Waals surface area contributed by atoms with Crippen LogP contribution < -0.4 is 4.90 Å². The van der Waals surface area contributed by atoms with Crippen molar-refractivity contribution in [3.8, 4) is 0 Å². The Morgan fingerprint density at radius 1 is 1.16 bits per heavy atom. The second kappa shape index (κ2) is 8.00. The molecule has 0 aromatic heterocycles. The van der Waals surface area contributed by atoms with Crippen LogP contribution in [0.3, 0.4) is 0 Å². The normalized spacial score (nSPS) is 16.8. The minimum atomic E-state index is -0.129. The molecule has 0 aliphatic carbocycles. The van der Waals surface area contributed by atoms with Crippen molar-refractivity contribution in [2.75, 3.05) is 4.90 Å². The van der Waals surface area contributed by atoms with E-state index in [4.69, 9.17) is 23.8 Å². The van der Waals surface area contributed by atoms with E-state index < -0.39 is 0 Å². The van der Waals surface area contributed by atoms with Crippen molar-refractivity contribution in [1.29, 1.82) is 0 Å². The number of thiocarbonyl (C=S) groups is 1. The Morgan fingerprint density at radius 3 is 2.56 bits per heavy atom. The van der Waals surface area contributed by atoms with Crippen molar-refractivity contribution in [3.05, 3.63) is 81.7 Å². The SMILES string of the molecule is CCc1ccccc1N1C(=O)C(=CC(Cl)=Cc2ccccc2)SC1=S. The van der Waals surface area contributed by atoms with Gasteiger partial charge in [0.15, 0.2) is 4.32 Å². The van der Waals surface area contributed by atoms with Gasteiger partial charge in [-0.3, -0.25) is 9.69 Å². The van der Waals surface area contributed by atoms with Crippen LogP contribution in [0, 0.1) is 0 Å². The monoisotopic (exact) mass is 385 g/mol. The highest BCUT2D eigenvalue weighted by atomic mass is 35.5. The summed E-state index contributed by atoms with van der Waals surface area (Å²) in [7, 11) is 0. The van der Waals surface area contributed by atoms with Crippen molar-refractivity contribution >= 4 is 57.6 Å². The van der Waals surface area contributed by atoms with Crippen molar-refractivity contribution in [3.63, 3.8) is 0 Å². The number of amides is 1. The van der Waals surface area contributed by atoms with Crippen molar-refractivity contribution in [1.82, 2.24) is 0 Å². The van der Waals surface area contributed by atoms with Crippen LogP contribution in [-0.2, 0) is 11.2 Å². The van der Waals surface area contributed by atoms with Gasteiger partial charge in [-0.15, -0.1) is 0 Å². The molecule has 5 heteroatoms. The molecule has 0 saturated carbocycles. The van der Waals surface area contributed by atoms with E-state index in [0.29, 0.717) is 14.3 Å². The van der Waals surface area contributed by atoms with E-state index in [1.54, 1.807) is 11.0 Å². The Kier molecular flexibility index (Phi) is 5.74. The van der Waals surface area contributed by atoms with Crippen molar-refractivity contribution in [2.45, 2.75) is 13.3 Å². The summed E-state index contributed by atoms with van der Waals surface area (Å²) in [6, 6.07) is 17.6. The molecule has 3 rings (SSSR count). The Hall–Kier alpha value is -1.88. The van der Waals surface area contributed by atoms with E-state index in [0.717, 1.165) is 23.2 Å². The minimum absolute atomic E-state index is 0.129. The molecule has 126 valence electrons. The van der Waals surface area contributed by atoms with Gasteiger partial charge in [0.2, 0.25) is 0 Å². The Balaban J connectivity index is 1.90. The van der Waals surface area contributed by atoms with Crippen molar-refractivity contribution < 1.29 is 4.79 Å². The highest BCUT2D eigenvalue weighted by molar-refractivity contribution is 8.27. The number of hydrogen-bond acceptors (Lipinski definition) is 3. The maximum atomic E-state index is 12.8. The molecule has 25 heavy (non-hydrogen) atoms. The topological polar surface area (TPSA) is 20.3 Å². The molecule has 1 aliphatic heterocycles. The maximum Gasteiger partial charge on any atom is 0.270 e. The first kappa shape index (κ1) is 17.9. The van der Waals surface area contributed by atoms with Gasteiger partial charge in [0.1, 0.15) is 0 Å². The third-order valence-corrected chi connectivity index (χ3v) is 5.30. The zero-order valence-electron chi connectivity index (χ0n) is 13.6. The summed E-state index contributed by atoms with van der Waals surface area (Å²) in [5, 5.41) is 0.496. The highest BCUT2D eigenvalue weighted by Crippen LogP contribution is 2.37. The number of carbonyl (C=O) groups is 1. The van der Waals surface area contributed by atoms with E-state index in [-0.39, 0.29) is 5.91 Å². The molecule has 2 nitrogen and oxygen atoms in total. The number of aryl methyl sites for hydroxylation is 1. The molecule has 1 fully saturated rings. The number of allylic oxidation sites excluding steroid dienone is 2. The highest BCUT2D eigenvalue weighted by Gasteiger charge is 2.34. The smallest absolute Gasteiger partial charge is 0.268 e. The first-order chi connectivity index (χ1) is 12.1. The number of carbonyl (C=O) groups excluding carboxylic acids is 1. The van der Waals surface area contributed by atoms with E-state index in [1.807, 2.05) is 60.7 Å². The second-order valence-corrected chi connectivity index (χ2v) is 7.55. The van der Waals surface area contributed by atoms with Gasteiger partial charge >= 0.3 is 0 Å². The molecule has 0 atom stereocenters. The third kappa shape index (κ3) is 4.03. The third-order valence-electron chi connectivity index (χ3n) is 3.78. The fourth-order valence-corrected chi connectivity index (χ4v) is 4.15. The lowest BCUT2D eigenvalue weighted by Gasteiger charge is -2.17. The molecule has 0 radical (unpaired) electrons. The summed E-state index contributed by atoms with van der Waals surface area (Å²) >= 11 is 13.0. The van der Waals surface area contributed by atoms with E-state index in [1.165, 1.54) is 11.8 Å². The van der Waals surface area contributed by atoms with Crippen LogP contribution in [0.15, 0.2) is 70.6 Å². The zero-order valence-corrected chi connectivity index (χ0v) is 16.0. The van der Waals surface area contributed by atoms with E-state index in [2.05, 4.69) is 6.92 Å². The molecule has 2 aromatic rings. The number of hydrogen-bond donors (Lipinski definition) is 0. The summed E-state index contributed by atoms with van der Waals surface area (Å²) < 4.78 is 0.529. The zero-order chi connectivity index (χ0) is 17.8. The fourth-order valence-electron chi connectivity index (χ4n) is 2.58. The summed E-state index contributed by atoms with van der Waals surface area (Å²) in [5.74, 6) is -0.129. The molecule has 0 N–H and O–H groups in total. The number of thioether (sulfide) groups is 1.